The molecule has 0 aliphatic rings. The van der Waals surface area contributed by atoms with E-state index in [1.165, 1.54) is 22.5 Å². The zero-order valence-corrected chi connectivity index (χ0v) is 18.1. The molecule has 2 aromatic carbocycles. The van der Waals surface area contributed by atoms with E-state index >= 15 is 0 Å². The lowest BCUT2D eigenvalue weighted by Gasteiger charge is -2.19. The number of anilines is 2. The third-order valence-electron chi connectivity index (χ3n) is 4.26. The highest BCUT2D eigenvalue weighted by atomic mass is 35.5. The van der Waals surface area contributed by atoms with E-state index in [2.05, 4.69) is 10.6 Å². The normalized spacial score (nSPS) is 11.3. The summed E-state index contributed by atoms with van der Waals surface area (Å²) < 4.78 is 26.8. The van der Waals surface area contributed by atoms with Crippen LogP contribution in [0.5, 0.6) is 0 Å². The van der Waals surface area contributed by atoms with E-state index in [1.54, 1.807) is 45.0 Å². The van der Waals surface area contributed by atoms with Crippen molar-refractivity contribution in [1.29, 1.82) is 0 Å². The van der Waals surface area contributed by atoms with Gasteiger partial charge in [-0.1, -0.05) is 32.4 Å². The molecule has 0 unspecified atom stereocenters. The van der Waals surface area contributed by atoms with Crippen molar-refractivity contribution >= 4 is 44.8 Å². The van der Waals surface area contributed by atoms with Crippen LogP contribution in [-0.2, 0) is 14.8 Å². The Balaban J connectivity index is 2.23. The minimum absolute atomic E-state index is 0.0597. The summed E-state index contributed by atoms with van der Waals surface area (Å²) >= 11 is 6.10. The molecule has 0 spiro atoms. The third-order valence-corrected chi connectivity index (χ3v) is 6.80. The smallest absolute Gasteiger partial charge is 0.255 e. The Morgan fingerprint density at radius 3 is 2.00 bits per heavy atom. The summed E-state index contributed by atoms with van der Waals surface area (Å²) in [5.41, 5.74) is 1.30. The van der Waals surface area contributed by atoms with Crippen LogP contribution in [0.1, 0.15) is 37.6 Å². The van der Waals surface area contributed by atoms with Crippen molar-refractivity contribution in [2.75, 3.05) is 23.7 Å². The first kappa shape index (κ1) is 22.9. The number of nitrogens with zero attached hydrogens (tertiary/aromatic N) is 1. The molecule has 7 nitrogen and oxygen atoms in total. The molecule has 2 amide bonds. The van der Waals surface area contributed by atoms with Crippen molar-refractivity contribution in [2.45, 2.75) is 32.1 Å². The van der Waals surface area contributed by atoms with Crippen molar-refractivity contribution in [1.82, 2.24) is 4.31 Å². The summed E-state index contributed by atoms with van der Waals surface area (Å²) in [6.45, 7) is 5.82. The van der Waals surface area contributed by atoms with E-state index in [-0.39, 0.29) is 21.4 Å². The molecule has 0 saturated carbocycles. The van der Waals surface area contributed by atoms with Crippen LogP contribution in [0.3, 0.4) is 0 Å². The number of nitrogens with one attached hydrogen (secondary N) is 2. The molecule has 0 radical (unpaired) electrons. The highest BCUT2D eigenvalue weighted by molar-refractivity contribution is 7.89. The van der Waals surface area contributed by atoms with Gasteiger partial charge in [0.05, 0.1) is 5.02 Å². The lowest BCUT2D eigenvalue weighted by atomic mass is 10.2. The molecule has 0 aliphatic heterocycles. The van der Waals surface area contributed by atoms with E-state index in [9.17, 15) is 18.0 Å². The molecule has 0 fully saturated rings. The molecule has 0 aliphatic carbocycles. The molecule has 29 heavy (non-hydrogen) atoms. The first-order valence-corrected chi connectivity index (χ1v) is 11.1. The van der Waals surface area contributed by atoms with Gasteiger partial charge in [0.15, 0.2) is 0 Å². The highest BCUT2D eigenvalue weighted by Crippen LogP contribution is 2.26. The second kappa shape index (κ2) is 9.87. The van der Waals surface area contributed by atoms with Crippen LogP contribution < -0.4 is 10.6 Å². The van der Waals surface area contributed by atoms with Crippen LogP contribution in [-0.4, -0.2) is 37.6 Å². The van der Waals surface area contributed by atoms with Crippen LogP contribution in [0.25, 0.3) is 0 Å². The van der Waals surface area contributed by atoms with E-state index < -0.39 is 15.9 Å². The number of amides is 2. The van der Waals surface area contributed by atoms with Gasteiger partial charge < -0.3 is 10.6 Å². The van der Waals surface area contributed by atoms with E-state index in [4.69, 9.17) is 11.6 Å². The Morgan fingerprint density at radius 2 is 1.48 bits per heavy atom. The number of carbonyl (C=O) groups excluding carboxylic acids is 2. The van der Waals surface area contributed by atoms with Crippen molar-refractivity contribution in [3.63, 3.8) is 0 Å². The first-order chi connectivity index (χ1) is 13.7. The van der Waals surface area contributed by atoms with E-state index in [0.29, 0.717) is 30.9 Å². The zero-order valence-electron chi connectivity index (χ0n) is 16.5. The molecular weight excluding hydrogens is 414 g/mol. The molecule has 0 bridgehead atoms. The van der Waals surface area contributed by atoms with Gasteiger partial charge in [-0.3, -0.25) is 9.59 Å². The minimum Gasteiger partial charge on any atom is -0.326 e. The average Bonchev–Trinajstić information content (AvgIpc) is 2.70. The van der Waals surface area contributed by atoms with E-state index in [1.807, 2.05) is 0 Å². The molecule has 9 heteroatoms. The molecule has 0 saturated heterocycles. The monoisotopic (exact) mass is 437 g/mol. The summed E-state index contributed by atoms with van der Waals surface area (Å²) in [5, 5.41) is 5.48. The zero-order chi connectivity index (χ0) is 21.6. The van der Waals surface area contributed by atoms with Gasteiger partial charge in [0.2, 0.25) is 15.9 Å². The lowest BCUT2D eigenvalue weighted by Crippen LogP contribution is -2.31. The van der Waals surface area contributed by atoms with Crippen molar-refractivity contribution < 1.29 is 18.0 Å². The Bertz CT molecular complexity index is 987. The standard InChI is InChI=1S/C20H24ClN3O4S/c1-4-19(25)22-15-8-10-16(11-9-15)23-20(26)14-7-12-17(21)18(13-14)29(27,28)24(5-2)6-3/h7-13H,4-6H2,1-3H3,(H,22,25)(H,23,26). The number of carbonyl (C=O) groups is 2. The molecule has 2 aromatic rings. The summed E-state index contributed by atoms with van der Waals surface area (Å²) in [7, 11) is -3.80. The van der Waals surface area contributed by atoms with Crippen LogP contribution in [0, 0.1) is 0 Å². The molecule has 2 rings (SSSR count). The molecule has 0 aromatic heterocycles. The third kappa shape index (κ3) is 5.56. The van der Waals surface area contributed by atoms with Gasteiger partial charge in [-0.05, 0) is 42.5 Å². The summed E-state index contributed by atoms with van der Waals surface area (Å²) in [4.78, 5) is 23.9. The van der Waals surface area contributed by atoms with Gasteiger partial charge >= 0.3 is 0 Å². The summed E-state index contributed by atoms with van der Waals surface area (Å²) in [6.07, 6.45) is 0.369. The second-order valence-electron chi connectivity index (χ2n) is 6.17. The minimum atomic E-state index is -3.80. The number of hydrogen-bond donors (Lipinski definition) is 2. The summed E-state index contributed by atoms with van der Waals surface area (Å²) in [6, 6.07) is 10.8. The van der Waals surface area contributed by atoms with Gasteiger partial charge in [-0.25, -0.2) is 8.42 Å². The molecular formula is C20H24ClN3O4S. The predicted octanol–water partition coefficient (Wildman–Crippen LogP) is 3.97. The van der Waals surface area contributed by atoms with Crippen molar-refractivity contribution in [3.05, 3.63) is 53.1 Å². The SMILES string of the molecule is CCC(=O)Nc1ccc(NC(=O)c2ccc(Cl)c(S(=O)(=O)N(CC)CC)c2)cc1. The van der Waals surface area contributed by atoms with Gasteiger partial charge in [0, 0.05) is 36.4 Å². The van der Waals surface area contributed by atoms with Crippen LogP contribution in [0.15, 0.2) is 47.4 Å². The quantitative estimate of drug-likeness (QED) is 0.653. The maximum Gasteiger partial charge on any atom is 0.255 e. The van der Waals surface area contributed by atoms with Crippen LogP contribution in [0.4, 0.5) is 11.4 Å². The van der Waals surface area contributed by atoms with Crippen molar-refractivity contribution in [2.24, 2.45) is 0 Å². The first-order valence-electron chi connectivity index (χ1n) is 9.23. The Hall–Kier alpha value is -2.42. The number of sulfonamides is 1. The predicted molar refractivity (Wildman–Crippen MR) is 115 cm³/mol. The Labute approximate surface area is 176 Å². The fourth-order valence-electron chi connectivity index (χ4n) is 2.63. The number of benzene rings is 2. The largest absolute Gasteiger partial charge is 0.326 e. The molecule has 156 valence electrons. The van der Waals surface area contributed by atoms with Crippen molar-refractivity contribution in [3.8, 4) is 0 Å². The Morgan fingerprint density at radius 1 is 0.931 bits per heavy atom. The molecule has 0 heterocycles. The maximum absolute atomic E-state index is 12.8. The second-order valence-corrected chi connectivity index (χ2v) is 8.48. The number of hydrogen-bond acceptors (Lipinski definition) is 4. The van der Waals surface area contributed by atoms with Gasteiger partial charge in [0.25, 0.3) is 5.91 Å². The topological polar surface area (TPSA) is 95.6 Å². The Kier molecular flexibility index (Phi) is 7.78. The van der Waals surface area contributed by atoms with Crippen LogP contribution >= 0.6 is 11.6 Å². The van der Waals surface area contributed by atoms with Gasteiger partial charge in [-0.2, -0.15) is 4.31 Å². The van der Waals surface area contributed by atoms with Gasteiger partial charge in [-0.15, -0.1) is 0 Å². The van der Waals surface area contributed by atoms with Crippen LogP contribution in [0.2, 0.25) is 5.02 Å². The highest BCUT2D eigenvalue weighted by Gasteiger charge is 2.25. The fourth-order valence-corrected chi connectivity index (χ4v) is 4.59. The number of halogens is 1. The lowest BCUT2D eigenvalue weighted by molar-refractivity contribution is -0.115. The summed E-state index contributed by atoms with van der Waals surface area (Å²) in [5.74, 6) is -0.576. The number of rotatable bonds is 8. The van der Waals surface area contributed by atoms with E-state index in [0.717, 1.165) is 0 Å². The van der Waals surface area contributed by atoms with Gasteiger partial charge in [0.1, 0.15) is 4.90 Å². The molecule has 2 N–H and O–H groups in total. The molecule has 0 atom stereocenters. The fraction of sp³-hybridized carbons (Fsp3) is 0.300. The average molecular weight is 438 g/mol. The maximum atomic E-state index is 12.8.